The smallest absolute Gasteiger partial charge is 0.339 e. The van der Waals surface area contributed by atoms with Crippen LogP contribution in [0.25, 0.3) is 0 Å². The average molecular weight is 374 g/mol. The molecule has 0 bridgehead atoms. The monoisotopic (exact) mass is 372 g/mol. The Morgan fingerprint density at radius 3 is 2.67 bits per heavy atom. The fraction of sp³-hybridized carbons (Fsp3) is 0.417. The molecule has 1 heterocycles. The lowest BCUT2D eigenvalue weighted by Crippen LogP contribution is -2.15. The molecule has 2 rings (SSSR count). The van der Waals surface area contributed by atoms with Crippen LogP contribution in [0.5, 0.6) is 0 Å². The van der Waals surface area contributed by atoms with Gasteiger partial charge in [0.2, 0.25) is 0 Å². The SMILES string of the molecule is O=C(OCC1CCOC1)c1cc(Cl)cc(S(=O)(=O)Cl)c1Cl. The summed E-state index contributed by atoms with van der Waals surface area (Å²) >= 11 is 11.7. The molecule has 1 aliphatic heterocycles. The summed E-state index contributed by atoms with van der Waals surface area (Å²) in [7, 11) is 1.14. The lowest BCUT2D eigenvalue weighted by molar-refractivity contribution is 0.0428. The fourth-order valence-electron chi connectivity index (χ4n) is 1.88. The van der Waals surface area contributed by atoms with E-state index in [0.29, 0.717) is 13.2 Å². The van der Waals surface area contributed by atoms with Crippen molar-refractivity contribution < 1.29 is 22.7 Å². The Morgan fingerprint density at radius 2 is 2.10 bits per heavy atom. The van der Waals surface area contributed by atoms with E-state index in [1.54, 1.807) is 0 Å². The van der Waals surface area contributed by atoms with Crippen LogP contribution in [-0.2, 0) is 18.5 Å². The molecule has 0 aromatic heterocycles. The molecule has 0 saturated carbocycles. The number of hydrogen-bond acceptors (Lipinski definition) is 5. The second kappa shape index (κ2) is 6.71. The van der Waals surface area contributed by atoms with Crippen molar-refractivity contribution in [2.24, 2.45) is 5.92 Å². The zero-order valence-electron chi connectivity index (χ0n) is 10.6. The summed E-state index contributed by atoms with van der Waals surface area (Å²) in [5.41, 5.74) is -0.137. The van der Waals surface area contributed by atoms with Gasteiger partial charge in [-0.25, -0.2) is 13.2 Å². The third-order valence-electron chi connectivity index (χ3n) is 2.96. The summed E-state index contributed by atoms with van der Waals surface area (Å²) in [6, 6.07) is 2.32. The highest BCUT2D eigenvalue weighted by molar-refractivity contribution is 8.13. The van der Waals surface area contributed by atoms with Gasteiger partial charge < -0.3 is 9.47 Å². The first-order chi connectivity index (χ1) is 9.79. The number of hydrogen-bond donors (Lipinski definition) is 0. The molecule has 1 aliphatic rings. The van der Waals surface area contributed by atoms with Crippen LogP contribution in [0.1, 0.15) is 16.8 Å². The van der Waals surface area contributed by atoms with Crippen molar-refractivity contribution in [3.8, 4) is 0 Å². The van der Waals surface area contributed by atoms with Gasteiger partial charge in [-0.2, -0.15) is 0 Å². The molecular weight excluding hydrogens is 363 g/mol. The van der Waals surface area contributed by atoms with E-state index in [-0.39, 0.29) is 28.1 Å². The molecule has 9 heteroatoms. The van der Waals surface area contributed by atoms with E-state index in [2.05, 4.69) is 0 Å². The van der Waals surface area contributed by atoms with Crippen LogP contribution in [0.2, 0.25) is 10.0 Å². The number of carbonyl (C=O) groups excluding carboxylic acids is 1. The van der Waals surface area contributed by atoms with Crippen LogP contribution in [0.3, 0.4) is 0 Å². The first-order valence-electron chi connectivity index (χ1n) is 5.97. The van der Waals surface area contributed by atoms with E-state index < -0.39 is 19.9 Å². The maximum atomic E-state index is 12.0. The Hall–Kier alpha value is -0.530. The topological polar surface area (TPSA) is 69.7 Å². The summed E-state index contributed by atoms with van der Waals surface area (Å²) < 4.78 is 33.1. The molecule has 1 aromatic carbocycles. The highest BCUT2D eigenvalue weighted by Gasteiger charge is 2.24. The van der Waals surface area contributed by atoms with E-state index in [1.807, 2.05) is 0 Å². The van der Waals surface area contributed by atoms with E-state index >= 15 is 0 Å². The van der Waals surface area contributed by atoms with Crippen molar-refractivity contribution >= 4 is 48.9 Å². The number of halogens is 3. The summed E-state index contributed by atoms with van der Waals surface area (Å²) in [4.78, 5) is 11.6. The minimum atomic E-state index is -4.11. The second-order valence-electron chi connectivity index (χ2n) is 4.53. The first-order valence-corrected chi connectivity index (χ1v) is 9.04. The number of ether oxygens (including phenoxy) is 2. The van der Waals surface area contributed by atoms with Gasteiger partial charge in [-0.3, -0.25) is 0 Å². The second-order valence-corrected chi connectivity index (χ2v) is 7.88. The van der Waals surface area contributed by atoms with Gasteiger partial charge in [0.25, 0.3) is 9.05 Å². The van der Waals surface area contributed by atoms with E-state index in [9.17, 15) is 13.2 Å². The number of benzene rings is 1. The molecule has 116 valence electrons. The molecule has 1 unspecified atom stereocenters. The van der Waals surface area contributed by atoms with Gasteiger partial charge in [-0.05, 0) is 18.6 Å². The zero-order chi connectivity index (χ0) is 15.6. The highest BCUT2D eigenvalue weighted by atomic mass is 35.7. The van der Waals surface area contributed by atoms with Gasteiger partial charge in [0, 0.05) is 28.2 Å². The number of esters is 1. The van der Waals surface area contributed by atoms with Gasteiger partial charge in [0.1, 0.15) is 4.90 Å². The van der Waals surface area contributed by atoms with Crippen molar-refractivity contribution in [1.82, 2.24) is 0 Å². The molecule has 1 saturated heterocycles. The molecule has 0 radical (unpaired) electrons. The van der Waals surface area contributed by atoms with Gasteiger partial charge in [-0.1, -0.05) is 23.2 Å². The number of carbonyl (C=O) groups is 1. The van der Waals surface area contributed by atoms with Crippen molar-refractivity contribution in [3.63, 3.8) is 0 Å². The highest BCUT2D eigenvalue weighted by Crippen LogP contribution is 2.32. The molecule has 1 aromatic rings. The Kier molecular flexibility index (Phi) is 5.38. The Bertz CT molecular complexity index is 653. The Labute approximate surface area is 136 Å². The Balaban J connectivity index is 2.22. The van der Waals surface area contributed by atoms with Crippen LogP contribution in [-0.4, -0.2) is 34.2 Å². The van der Waals surface area contributed by atoms with Gasteiger partial charge in [0.15, 0.2) is 0 Å². The molecule has 0 spiro atoms. The lowest BCUT2D eigenvalue weighted by atomic mass is 10.1. The maximum absolute atomic E-state index is 12.0. The predicted molar refractivity (Wildman–Crippen MR) is 78.7 cm³/mol. The zero-order valence-corrected chi connectivity index (χ0v) is 13.7. The molecule has 21 heavy (non-hydrogen) atoms. The third-order valence-corrected chi connectivity index (χ3v) is 5.04. The van der Waals surface area contributed by atoms with Crippen LogP contribution >= 0.6 is 33.9 Å². The molecule has 0 amide bonds. The molecular formula is C12H11Cl3O5S. The third kappa shape index (κ3) is 4.23. The van der Waals surface area contributed by atoms with Crippen molar-refractivity contribution in [1.29, 1.82) is 0 Å². The normalized spacial score (nSPS) is 18.7. The molecule has 0 aliphatic carbocycles. The van der Waals surface area contributed by atoms with Crippen LogP contribution in [0, 0.1) is 5.92 Å². The predicted octanol–water partition coefficient (Wildman–Crippen LogP) is 3.11. The molecule has 1 atom stereocenters. The minimum Gasteiger partial charge on any atom is -0.462 e. The standard InChI is InChI=1S/C12H11Cl3O5S/c13-8-3-9(11(14)10(4-8)21(15,17)18)12(16)20-6-7-1-2-19-5-7/h3-4,7H,1-2,5-6H2. The van der Waals surface area contributed by atoms with E-state index in [0.717, 1.165) is 12.5 Å². The van der Waals surface area contributed by atoms with Crippen LogP contribution < -0.4 is 0 Å². The van der Waals surface area contributed by atoms with Crippen molar-refractivity contribution in [2.75, 3.05) is 19.8 Å². The quantitative estimate of drug-likeness (QED) is 0.599. The largest absolute Gasteiger partial charge is 0.462 e. The molecule has 1 fully saturated rings. The Morgan fingerprint density at radius 1 is 1.38 bits per heavy atom. The van der Waals surface area contributed by atoms with E-state index in [4.69, 9.17) is 43.4 Å². The summed E-state index contributed by atoms with van der Waals surface area (Å²) in [6.07, 6.45) is 0.803. The molecule has 5 nitrogen and oxygen atoms in total. The summed E-state index contributed by atoms with van der Waals surface area (Å²) in [5.74, 6) is -0.626. The molecule has 0 N–H and O–H groups in total. The summed E-state index contributed by atoms with van der Waals surface area (Å²) in [5, 5.41) is -0.281. The lowest BCUT2D eigenvalue weighted by Gasteiger charge is -2.11. The van der Waals surface area contributed by atoms with Crippen LogP contribution in [0.15, 0.2) is 17.0 Å². The van der Waals surface area contributed by atoms with E-state index in [1.165, 1.54) is 6.07 Å². The fourth-order valence-corrected chi connectivity index (χ4v) is 3.73. The number of rotatable bonds is 4. The van der Waals surface area contributed by atoms with Crippen LogP contribution in [0.4, 0.5) is 0 Å². The van der Waals surface area contributed by atoms with Crippen molar-refractivity contribution in [2.45, 2.75) is 11.3 Å². The van der Waals surface area contributed by atoms with Gasteiger partial charge in [-0.15, -0.1) is 0 Å². The van der Waals surface area contributed by atoms with Gasteiger partial charge >= 0.3 is 5.97 Å². The van der Waals surface area contributed by atoms with Gasteiger partial charge in [0.05, 0.1) is 23.8 Å². The minimum absolute atomic E-state index is 0.0229. The van der Waals surface area contributed by atoms with Crippen molar-refractivity contribution in [3.05, 3.63) is 27.7 Å². The average Bonchev–Trinajstić information content (AvgIpc) is 2.90. The summed E-state index contributed by atoms with van der Waals surface area (Å²) in [6.45, 7) is 1.33. The first kappa shape index (κ1) is 16.8. The maximum Gasteiger partial charge on any atom is 0.339 e.